The monoisotopic (exact) mass is 392 g/mol. The molecule has 22 heavy (non-hydrogen) atoms. The Morgan fingerprint density at radius 1 is 1.18 bits per heavy atom. The van der Waals surface area contributed by atoms with E-state index >= 15 is 0 Å². The van der Waals surface area contributed by atoms with Crippen LogP contribution < -0.4 is 0 Å². The van der Waals surface area contributed by atoms with Gasteiger partial charge < -0.3 is 5.11 Å². The van der Waals surface area contributed by atoms with Crippen molar-refractivity contribution in [1.29, 1.82) is 0 Å². The van der Waals surface area contributed by atoms with Crippen molar-refractivity contribution < 1.29 is 13.7 Å². The zero-order chi connectivity index (χ0) is 17.3. The Labute approximate surface area is 144 Å². The molecule has 126 valence electrons. The third kappa shape index (κ3) is 5.43. The predicted molar refractivity (Wildman–Crippen MR) is 95.1 cm³/mol. The second-order valence-corrected chi connectivity index (χ2v) is 10.9. The lowest BCUT2D eigenvalue weighted by molar-refractivity contribution is 0.0501. The van der Waals surface area contributed by atoms with Gasteiger partial charge >= 0.3 is 0 Å². The van der Waals surface area contributed by atoms with Crippen molar-refractivity contribution in [1.82, 2.24) is 0 Å². The van der Waals surface area contributed by atoms with Crippen molar-refractivity contribution in [2.45, 2.75) is 63.7 Å². The molecular weight excluding hydrogens is 367 g/mol. The summed E-state index contributed by atoms with van der Waals surface area (Å²) in [5, 5.41) is 10.3. The Hall–Kier alpha value is -0.260. The van der Waals surface area contributed by atoms with E-state index in [1.54, 1.807) is 26.0 Å². The molecule has 0 aliphatic heterocycles. The summed E-state index contributed by atoms with van der Waals surface area (Å²) in [6.45, 7) is 11.0. The average Bonchev–Trinajstić information content (AvgIpc) is 2.28. The van der Waals surface area contributed by atoms with Crippen LogP contribution >= 0.6 is 15.9 Å². The summed E-state index contributed by atoms with van der Waals surface area (Å²) >= 11 is 3.37. The second kappa shape index (κ2) is 6.70. The summed E-state index contributed by atoms with van der Waals surface area (Å²) in [5.41, 5.74) is -1.21. The van der Waals surface area contributed by atoms with Crippen molar-refractivity contribution in [3.05, 3.63) is 34.1 Å². The van der Waals surface area contributed by atoms with Crippen molar-refractivity contribution in [3.63, 3.8) is 0 Å². The Bertz CT molecular complexity index is 561. The van der Waals surface area contributed by atoms with Gasteiger partial charge in [0.25, 0.3) is 0 Å². The summed E-state index contributed by atoms with van der Waals surface area (Å²) in [7, 11) is -1.15. The third-order valence-electron chi connectivity index (χ3n) is 3.53. The van der Waals surface area contributed by atoms with E-state index in [1.165, 1.54) is 6.07 Å². The topological polar surface area (TPSA) is 37.3 Å². The van der Waals surface area contributed by atoms with Gasteiger partial charge in [0.1, 0.15) is 5.82 Å². The Balaban J connectivity index is 3.34. The minimum Gasteiger partial charge on any atom is -0.390 e. The molecule has 0 unspecified atom stereocenters. The summed E-state index contributed by atoms with van der Waals surface area (Å²) in [6, 6.07) is 4.77. The highest BCUT2D eigenvalue weighted by molar-refractivity contribution is 9.10. The molecule has 0 saturated carbocycles. The van der Waals surface area contributed by atoms with E-state index in [9.17, 15) is 13.7 Å². The molecule has 0 amide bonds. The summed E-state index contributed by atoms with van der Waals surface area (Å²) < 4.78 is 27.4. The van der Waals surface area contributed by atoms with E-state index in [1.807, 2.05) is 27.7 Å². The zero-order valence-electron chi connectivity index (χ0n) is 14.2. The van der Waals surface area contributed by atoms with Crippen LogP contribution in [0.25, 0.3) is 0 Å². The van der Waals surface area contributed by atoms with Gasteiger partial charge in [-0.1, -0.05) is 22.9 Å². The Morgan fingerprint density at radius 3 is 2.18 bits per heavy atom. The van der Waals surface area contributed by atoms with Crippen LogP contribution in [0.2, 0.25) is 0 Å². The van der Waals surface area contributed by atoms with Crippen molar-refractivity contribution in [2.75, 3.05) is 5.75 Å². The van der Waals surface area contributed by atoms with Gasteiger partial charge in [0.15, 0.2) is 0 Å². The molecule has 2 atom stereocenters. The van der Waals surface area contributed by atoms with Gasteiger partial charge in [-0.25, -0.2) is 4.39 Å². The van der Waals surface area contributed by atoms with Crippen LogP contribution in [-0.2, 0) is 16.2 Å². The molecular formula is C17H26BrFO2S. The van der Waals surface area contributed by atoms with E-state index in [4.69, 9.17) is 0 Å². The lowest BCUT2D eigenvalue weighted by Gasteiger charge is -2.37. The molecule has 0 fully saturated rings. The molecule has 0 bridgehead atoms. The van der Waals surface area contributed by atoms with Gasteiger partial charge in [0, 0.05) is 31.2 Å². The fraction of sp³-hybridized carbons (Fsp3) is 0.647. The predicted octanol–water partition coefficient (Wildman–Crippen LogP) is 4.55. The summed E-state index contributed by atoms with van der Waals surface area (Å²) in [6.07, 6.45) is 0.329. The van der Waals surface area contributed by atoms with E-state index in [0.717, 1.165) is 4.47 Å². The van der Waals surface area contributed by atoms with E-state index in [0.29, 0.717) is 17.7 Å². The molecule has 1 aromatic carbocycles. The SMILES string of the molecule is CC(C)(O)C[C@](C)(C[S@](=O)C(C)(C)C)c1cc(Br)ccc1F. The van der Waals surface area contributed by atoms with Gasteiger partial charge in [-0.05, 0) is 64.8 Å². The first-order valence-electron chi connectivity index (χ1n) is 7.31. The van der Waals surface area contributed by atoms with Crippen molar-refractivity contribution in [2.24, 2.45) is 0 Å². The van der Waals surface area contributed by atoms with Crippen LogP contribution in [0.1, 0.15) is 53.5 Å². The zero-order valence-corrected chi connectivity index (χ0v) is 16.6. The van der Waals surface area contributed by atoms with Gasteiger partial charge in [-0.3, -0.25) is 4.21 Å². The third-order valence-corrected chi connectivity index (χ3v) is 6.29. The highest BCUT2D eigenvalue weighted by Gasteiger charge is 2.38. The number of hydrogen-bond acceptors (Lipinski definition) is 2. The van der Waals surface area contributed by atoms with E-state index in [-0.39, 0.29) is 10.6 Å². The quantitative estimate of drug-likeness (QED) is 0.797. The molecule has 1 aromatic rings. The number of benzene rings is 1. The van der Waals surface area contributed by atoms with Gasteiger partial charge in [0.2, 0.25) is 0 Å². The first-order chi connectivity index (χ1) is 9.74. The number of aliphatic hydroxyl groups is 1. The second-order valence-electron chi connectivity index (χ2n) is 7.78. The van der Waals surface area contributed by atoms with E-state index in [2.05, 4.69) is 15.9 Å². The van der Waals surface area contributed by atoms with Crippen LogP contribution in [-0.4, -0.2) is 25.4 Å². The van der Waals surface area contributed by atoms with Gasteiger partial charge in [-0.2, -0.15) is 0 Å². The molecule has 0 radical (unpaired) electrons. The number of rotatable bonds is 5. The van der Waals surface area contributed by atoms with Crippen molar-refractivity contribution in [3.8, 4) is 0 Å². The molecule has 2 nitrogen and oxygen atoms in total. The van der Waals surface area contributed by atoms with Crippen LogP contribution in [0.15, 0.2) is 22.7 Å². The molecule has 0 spiro atoms. The Morgan fingerprint density at radius 2 is 1.73 bits per heavy atom. The standard InChI is InChI=1S/C17H26BrFO2S/c1-15(2,3)22(21)11-17(6,10-16(4,5)20)13-9-12(18)7-8-14(13)19/h7-9,20H,10-11H2,1-6H3/t17-,22+/m1/s1. The molecule has 5 heteroatoms. The number of hydrogen-bond donors (Lipinski definition) is 1. The summed E-state index contributed by atoms with van der Waals surface area (Å²) in [5.74, 6) is -0.0331. The number of halogens is 2. The lowest BCUT2D eigenvalue weighted by Crippen LogP contribution is -2.41. The molecule has 0 aliphatic rings. The average molecular weight is 393 g/mol. The molecule has 0 aliphatic carbocycles. The minimum atomic E-state index is -1.15. The Kier molecular flexibility index (Phi) is 6.02. The highest BCUT2D eigenvalue weighted by Crippen LogP contribution is 2.37. The van der Waals surface area contributed by atoms with Crippen LogP contribution in [0.4, 0.5) is 4.39 Å². The van der Waals surface area contributed by atoms with Gasteiger partial charge in [0.05, 0.1) is 5.60 Å². The van der Waals surface area contributed by atoms with Crippen LogP contribution in [0, 0.1) is 5.82 Å². The maximum Gasteiger partial charge on any atom is 0.127 e. The molecule has 0 heterocycles. The fourth-order valence-corrected chi connectivity index (χ4v) is 4.28. The highest BCUT2D eigenvalue weighted by atomic mass is 79.9. The molecule has 0 aromatic heterocycles. The molecule has 1 N–H and O–H groups in total. The minimum absolute atomic E-state index is 0.299. The largest absolute Gasteiger partial charge is 0.390 e. The van der Waals surface area contributed by atoms with Crippen LogP contribution in [0.3, 0.4) is 0 Å². The first kappa shape index (κ1) is 19.8. The smallest absolute Gasteiger partial charge is 0.127 e. The van der Waals surface area contributed by atoms with Gasteiger partial charge in [-0.15, -0.1) is 0 Å². The summed E-state index contributed by atoms with van der Waals surface area (Å²) in [4.78, 5) is 0. The van der Waals surface area contributed by atoms with E-state index < -0.39 is 21.8 Å². The van der Waals surface area contributed by atoms with Crippen LogP contribution in [0.5, 0.6) is 0 Å². The normalized spacial score (nSPS) is 17.1. The van der Waals surface area contributed by atoms with Crippen molar-refractivity contribution >= 4 is 26.7 Å². The maximum atomic E-state index is 14.4. The fourth-order valence-electron chi connectivity index (χ4n) is 2.64. The molecule has 0 saturated heterocycles. The first-order valence-corrected chi connectivity index (χ1v) is 9.42. The molecule has 1 rings (SSSR count). The maximum absolute atomic E-state index is 14.4. The lowest BCUT2D eigenvalue weighted by atomic mass is 9.76.